The highest BCUT2D eigenvalue weighted by molar-refractivity contribution is 5.80. The van der Waals surface area contributed by atoms with E-state index in [9.17, 15) is 0 Å². The highest BCUT2D eigenvalue weighted by Gasteiger charge is 2.14. The fourth-order valence-corrected chi connectivity index (χ4v) is 3.56. The Morgan fingerprint density at radius 1 is 1.06 bits per heavy atom. The van der Waals surface area contributed by atoms with Gasteiger partial charge in [0.25, 0.3) is 0 Å². The molecule has 0 aliphatic heterocycles. The SMILES string of the molecule is CC/C=C/C=C\c1cc(-c2ncnc(NCc3ccc4cc(C#N)cnc4c3)c2F)ccc1C. The van der Waals surface area contributed by atoms with Gasteiger partial charge in [-0.25, -0.2) is 14.4 Å². The van der Waals surface area contributed by atoms with Crippen LogP contribution in [0.4, 0.5) is 10.2 Å². The fraction of sp³-hybridized carbons (Fsp3) is 0.143. The van der Waals surface area contributed by atoms with Gasteiger partial charge >= 0.3 is 0 Å². The summed E-state index contributed by atoms with van der Waals surface area (Å²) >= 11 is 0. The van der Waals surface area contributed by atoms with Crippen molar-refractivity contribution >= 4 is 22.8 Å². The van der Waals surface area contributed by atoms with Crippen molar-refractivity contribution in [3.8, 4) is 17.3 Å². The van der Waals surface area contributed by atoms with Crippen LogP contribution in [0, 0.1) is 24.1 Å². The zero-order chi connectivity index (χ0) is 23.9. The number of nitrogens with zero attached hydrogens (tertiary/aromatic N) is 4. The van der Waals surface area contributed by atoms with Crippen molar-refractivity contribution in [1.82, 2.24) is 15.0 Å². The summed E-state index contributed by atoms with van der Waals surface area (Å²) in [6.45, 7) is 4.48. The molecule has 4 aromatic rings. The van der Waals surface area contributed by atoms with E-state index in [0.29, 0.717) is 17.7 Å². The first kappa shape index (κ1) is 22.8. The number of aryl methyl sites for hydroxylation is 1. The number of hydrogen-bond acceptors (Lipinski definition) is 5. The van der Waals surface area contributed by atoms with Crippen LogP contribution in [0.5, 0.6) is 0 Å². The molecule has 0 radical (unpaired) electrons. The van der Waals surface area contributed by atoms with Crippen LogP contribution in [-0.2, 0) is 6.54 Å². The number of anilines is 1. The monoisotopic (exact) mass is 449 g/mol. The Labute approximate surface area is 198 Å². The van der Waals surface area contributed by atoms with E-state index in [1.165, 1.54) is 6.33 Å². The van der Waals surface area contributed by atoms with Gasteiger partial charge in [-0.05, 0) is 48.2 Å². The van der Waals surface area contributed by atoms with Crippen LogP contribution in [0.1, 0.15) is 35.6 Å². The van der Waals surface area contributed by atoms with Gasteiger partial charge in [-0.2, -0.15) is 5.26 Å². The highest BCUT2D eigenvalue weighted by atomic mass is 19.1. The van der Waals surface area contributed by atoms with Gasteiger partial charge in [0.15, 0.2) is 11.6 Å². The molecule has 2 heterocycles. The third kappa shape index (κ3) is 5.16. The molecule has 0 bridgehead atoms. The topological polar surface area (TPSA) is 74.5 Å². The van der Waals surface area contributed by atoms with Crippen LogP contribution in [0.3, 0.4) is 0 Å². The normalized spacial score (nSPS) is 11.4. The summed E-state index contributed by atoms with van der Waals surface area (Å²) in [5, 5.41) is 13.0. The summed E-state index contributed by atoms with van der Waals surface area (Å²) in [4.78, 5) is 12.6. The summed E-state index contributed by atoms with van der Waals surface area (Å²) in [7, 11) is 0. The van der Waals surface area contributed by atoms with Gasteiger partial charge in [-0.1, -0.05) is 55.5 Å². The summed E-state index contributed by atoms with van der Waals surface area (Å²) in [6.07, 6.45) is 12.0. The summed E-state index contributed by atoms with van der Waals surface area (Å²) in [5.41, 5.74) is 5.26. The second kappa shape index (κ2) is 10.5. The largest absolute Gasteiger partial charge is 0.363 e. The minimum atomic E-state index is -0.496. The number of fused-ring (bicyclic) bond motifs is 1. The summed E-state index contributed by atoms with van der Waals surface area (Å²) in [5.74, 6) is -0.355. The van der Waals surface area contributed by atoms with E-state index in [2.05, 4.69) is 39.3 Å². The van der Waals surface area contributed by atoms with Gasteiger partial charge < -0.3 is 5.32 Å². The average Bonchev–Trinajstić information content (AvgIpc) is 2.86. The first-order valence-electron chi connectivity index (χ1n) is 11.1. The van der Waals surface area contributed by atoms with Gasteiger partial charge in [0.1, 0.15) is 18.1 Å². The maximum Gasteiger partial charge on any atom is 0.191 e. The van der Waals surface area contributed by atoms with Gasteiger partial charge in [0.2, 0.25) is 0 Å². The van der Waals surface area contributed by atoms with Crippen molar-refractivity contribution in [1.29, 1.82) is 5.26 Å². The Morgan fingerprint density at radius 3 is 2.76 bits per heavy atom. The summed E-state index contributed by atoms with van der Waals surface area (Å²) in [6, 6.07) is 15.4. The highest BCUT2D eigenvalue weighted by Crippen LogP contribution is 2.27. The number of pyridine rings is 1. The average molecular weight is 450 g/mol. The molecule has 2 aromatic carbocycles. The molecule has 0 aliphatic rings. The Hall–Kier alpha value is -4.37. The van der Waals surface area contributed by atoms with E-state index in [1.54, 1.807) is 12.3 Å². The number of aromatic nitrogens is 3. The van der Waals surface area contributed by atoms with Gasteiger partial charge in [-0.15, -0.1) is 0 Å². The third-order valence-corrected chi connectivity index (χ3v) is 5.44. The molecule has 0 spiro atoms. The molecule has 2 aromatic heterocycles. The Bertz CT molecular complexity index is 1430. The molecule has 0 saturated heterocycles. The third-order valence-electron chi connectivity index (χ3n) is 5.44. The van der Waals surface area contributed by atoms with E-state index in [4.69, 9.17) is 5.26 Å². The molecule has 5 nitrogen and oxygen atoms in total. The van der Waals surface area contributed by atoms with E-state index >= 15 is 4.39 Å². The molecular formula is C28H24FN5. The Kier molecular flexibility index (Phi) is 7.04. The quantitative estimate of drug-likeness (QED) is 0.322. The van der Waals surface area contributed by atoms with E-state index in [0.717, 1.165) is 34.0 Å². The van der Waals surface area contributed by atoms with E-state index in [-0.39, 0.29) is 11.5 Å². The van der Waals surface area contributed by atoms with Crippen LogP contribution in [0.25, 0.3) is 28.2 Å². The molecule has 0 atom stereocenters. The lowest BCUT2D eigenvalue weighted by molar-refractivity contribution is 0.621. The molecule has 0 fully saturated rings. The smallest absolute Gasteiger partial charge is 0.191 e. The van der Waals surface area contributed by atoms with Crippen molar-refractivity contribution in [2.75, 3.05) is 5.32 Å². The molecule has 1 N–H and O–H groups in total. The van der Waals surface area contributed by atoms with E-state index in [1.807, 2.05) is 61.5 Å². The number of hydrogen-bond donors (Lipinski definition) is 1. The van der Waals surface area contributed by atoms with Crippen LogP contribution in [0.15, 0.2) is 73.2 Å². The van der Waals surface area contributed by atoms with Crippen molar-refractivity contribution in [3.05, 3.63) is 101 Å². The van der Waals surface area contributed by atoms with Gasteiger partial charge in [-0.3, -0.25) is 4.98 Å². The van der Waals surface area contributed by atoms with Crippen LogP contribution in [-0.4, -0.2) is 15.0 Å². The Balaban J connectivity index is 1.56. The van der Waals surface area contributed by atoms with Gasteiger partial charge in [0, 0.05) is 23.7 Å². The zero-order valence-corrected chi connectivity index (χ0v) is 19.1. The number of nitrogens with one attached hydrogen (secondary N) is 1. The minimum absolute atomic E-state index is 0.140. The molecular weight excluding hydrogens is 425 g/mol. The molecule has 0 aliphatic carbocycles. The number of halogens is 1. The minimum Gasteiger partial charge on any atom is -0.363 e. The lowest BCUT2D eigenvalue weighted by Gasteiger charge is -2.11. The first-order chi connectivity index (χ1) is 16.6. The van der Waals surface area contributed by atoms with Crippen LogP contribution in [0.2, 0.25) is 0 Å². The lowest BCUT2D eigenvalue weighted by Crippen LogP contribution is -2.06. The van der Waals surface area contributed by atoms with Crippen LogP contribution >= 0.6 is 0 Å². The zero-order valence-electron chi connectivity index (χ0n) is 19.1. The molecule has 168 valence electrons. The van der Waals surface area contributed by atoms with Crippen molar-refractivity contribution in [2.45, 2.75) is 26.8 Å². The fourth-order valence-electron chi connectivity index (χ4n) is 3.56. The second-order valence-corrected chi connectivity index (χ2v) is 7.87. The number of rotatable bonds is 7. The standard InChI is InChI=1S/C28H24FN5/c1-3-4-5-6-7-22-14-24(10-8-19(22)2)27-26(29)28(34-18-33-27)32-16-20-9-11-23-12-21(15-30)17-31-25(23)13-20/h4-14,17-18H,3,16H2,1-2H3,(H,32,33,34)/b5-4+,7-6-. The lowest BCUT2D eigenvalue weighted by atomic mass is 10.0. The van der Waals surface area contributed by atoms with Crippen molar-refractivity contribution < 1.29 is 4.39 Å². The first-order valence-corrected chi connectivity index (χ1v) is 11.1. The predicted molar refractivity (Wildman–Crippen MR) is 134 cm³/mol. The molecule has 4 rings (SSSR count). The maximum absolute atomic E-state index is 15.3. The second-order valence-electron chi connectivity index (χ2n) is 7.87. The number of allylic oxidation sites excluding steroid dienone is 3. The summed E-state index contributed by atoms with van der Waals surface area (Å²) < 4.78 is 15.3. The molecule has 34 heavy (non-hydrogen) atoms. The predicted octanol–water partition coefficient (Wildman–Crippen LogP) is 6.60. The Morgan fingerprint density at radius 2 is 1.94 bits per heavy atom. The maximum atomic E-state index is 15.3. The molecule has 0 unspecified atom stereocenters. The van der Waals surface area contributed by atoms with E-state index < -0.39 is 5.82 Å². The van der Waals surface area contributed by atoms with Gasteiger partial charge in [0.05, 0.1) is 11.1 Å². The molecule has 6 heteroatoms. The van der Waals surface area contributed by atoms with Crippen LogP contribution < -0.4 is 5.32 Å². The van der Waals surface area contributed by atoms with Crippen molar-refractivity contribution in [2.24, 2.45) is 0 Å². The molecule has 0 saturated carbocycles. The van der Waals surface area contributed by atoms with Crippen molar-refractivity contribution in [3.63, 3.8) is 0 Å². The number of nitriles is 1. The number of benzene rings is 2. The molecule has 0 amide bonds.